The second kappa shape index (κ2) is 7.34. The Bertz CT molecular complexity index is 419. The van der Waals surface area contributed by atoms with Gasteiger partial charge in [-0.05, 0) is 53.7 Å². The molecular formula is C16H29ClN2O2. The molecule has 0 radical (unpaired) electrons. The molecule has 0 fully saturated rings. The first-order valence-electron chi connectivity index (χ1n) is 7.02. The number of hydrogen-bond donors (Lipinski definition) is 4. The van der Waals surface area contributed by atoms with Crippen LogP contribution in [0.4, 0.5) is 0 Å². The van der Waals surface area contributed by atoms with Crippen molar-refractivity contribution in [2.24, 2.45) is 0 Å². The summed E-state index contributed by atoms with van der Waals surface area (Å²) in [5.74, 6) is 0.426. The number of phenolic OH excluding ortho intramolecular Hbond substituents is 2. The molecule has 122 valence electrons. The van der Waals surface area contributed by atoms with E-state index in [0.29, 0.717) is 24.2 Å². The van der Waals surface area contributed by atoms with Crippen molar-refractivity contribution in [2.75, 3.05) is 0 Å². The number of hydrogen-bond acceptors (Lipinski definition) is 4. The molecular weight excluding hydrogens is 288 g/mol. The van der Waals surface area contributed by atoms with E-state index in [2.05, 4.69) is 52.2 Å². The van der Waals surface area contributed by atoms with Crippen molar-refractivity contribution in [2.45, 2.75) is 65.7 Å². The molecule has 0 saturated heterocycles. The molecule has 0 aliphatic heterocycles. The lowest BCUT2D eigenvalue weighted by Crippen LogP contribution is -2.35. The van der Waals surface area contributed by atoms with Crippen molar-refractivity contribution in [1.29, 1.82) is 0 Å². The summed E-state index contributed by atoms with van der Waals surface area (Å²) < 4.78 is 0. The van der Waals surface area contributed by atoms with Crippen LogP contribution in [0, 0.1) is 0 Å². The average molecular weight is 317 g/mol. The van der Waals surface area contributed by atoms with Crippen molar-refractivity contribution in [1.82, 2.24) is 10.6 Å². The minimum Gasteiger partial charge on any atom is -0.508 e. The van der Waals surface area contributed by atoms with Crippen molar-refractivity contribution in [3.8, 4) is 11.5 Å². The summed E-state index contributed by atoms with van der Waals surface area (Å²) in [7, 11) is 0. The predicted octanol–water partition coefficient (Wildman–Crippen LogP) is 3.30. The van der Waals surface area contributed by atoms with Gasteiger partial charge in [0.15, 0.2) is 0 Å². The summed E-state index contributed by atoms with van der Waals surface area (Å²) >= 11 is 0. The Morgan fingerprint density at radius 1 is 0.762 bits per heavy atom. The number of nitrogens with one attached hydrogen (secondary N) is 2. The number of benzene rings is 1. The smallest absolute Gasteiger partial charge is 0.120 e. The fourth-order valence-corrected chi connectivity index (χ4v) is 1.67. The van der Waals surface area contributed by atoms with Crippen LogP contribution < -0.4 is 10.6 Å². The van der Waals surface area contributed by atoms with Gasteiger partial charge < -0.3 is 20.8 Å². The van der Waals surface area contributed by atoms with Crippen molar-refractivity contribution < 1.29 is 10.2 Å². The summed E-state index contributed by atoms with van der Waals surface area (Å²) in [5.41, 5.74) is 1.34. The topological polar surface area (TPSA) is 64.5 Å². The number of aromatic hydroxyl groups is 2. The SMILES string of the molecule is CC(C)(C)NCc1cc(O)c(CNC(C)(C)C)cc1O.Cl. The molecule has 1 rings (SSSR count). The van der Waals surface area contributed by atoms with Crippen molar-refractivity contribution in [3.05, 3.63) is 23.3 Å². The summed E-state index contributed by atoms with van der Waals surface area (Å²) in [5, 5.41) is 26.7. The van der Waals surface area contributed by atoms with Gasteiger partial charge >= 0.3 is 0 Å². The molecule has 0 amide bonds. The quantitative estimate of drug-likeness (QED) is 0.644. The predicted molar refractivity (Wildman–Crippen MR) is 90.2 cm³/mol. The van der Waals surface area contributed by atoms with E-state index in [1.165, 1.54) is 0 Å². The van der Waals surface area contributed by atoms with Crippen LogP contribution in [-0.4, -0.2) is 21.3 Å². The highest BCUT2D eigenvalue weighted by Crippen LogP contribution is 2.28. The van der Waals surface area contributed by atoms with Crippen LogP contribution in [0.1, 0.15) is 52.7 Å². The lowest BCUT2D eigenvalue weighted by molar-refractivity contribution is 0.399. The third-order valence-electron chi connectivity index (χ3n) is 2.90. The van der Waals surface area contributed by atoms with Crippen LogP contribution in [0.2, 0.25) is 0 Å². The Kier molecular flexibility index (Phi) is 7.00. The molecule has 1 aromatic rings. The molecule has 0 heterocycles. The summed E-state index contributed by atoms with van der Waals surface area (Å²) in [6.45, 7) is 13.4. The van der Waals surface area contributed by atoms with Gasteiger partial charge in [-0.3, -0.25) is 0 Å². The van der Waals surface area contributed by atoms with Crippen LogP contribution in [0.3, 0.4) is 0 Å². The van der Waals surface area contributed by atoms with E-state index in [-0.39, 0.29) is 35.0 Å². The van der Waals surface area contributed by atoms with Gasteiger partial charge in [-0.2, -0.15) is 0 Å². The molecule has 0 saturated carbocycles. The van der Waals surface area contributed by atoms with Gasteiger partial charge in [0.05, 0.1) is 0 Å². The Balaban J connectivity index is 0.00000400. The molecule has 0 bridgehead atoms. The van der Waals surface area contributed by atoms with Crippen LogP contribution in [0.25, 0.3) is 0 Å². The van der Waals surface area contributed by atoms with Crippen molar-refractivity contribution in [3.63, 3.8) is 0 Å². The molecule has 0 atom stereocenters. The molecule has 21 heavy (non-hydrogen) atoms. The molecule has 4 N–H and O–H groups in total. The summed E-state index contributed by atoms with van der Waals surface area (Å²) in [4.78, 5) is 0. The van der Waals surface area contributed by atoms with Gasteiger partial charge in [-0.15, -0.1) is 12.4 Å². The number of rotatable bonds is 4. The fraction of sp³-hybridized carbons (Fsp3) is 0.625. The van der Waals surface area contributed by atoms with Gasteiger partial charge in [0, 0.05) is 35.3 Å². The fourth-order valence-electron chi connectivity index (χ4n) is 1.67. The zero-order chi connectivity index (χ0) is 15.6. The van der Waals surface area contributed by atoms with Crippen LogP contribution in [-0.2, 0) is 13.1 Å². The maximum Gasteiger partial charge on any atom is 0.120 e. The highest BCUT2D eigenvalue weighted by atomic mass is 35.5. The second-order valence-electron chi connectivity index (χ2n) is 7.32. The van der Waals surface area contributed by atoms with Gasteiger partial charge in [-0.1, -0.05) is 0 Å². The highest BCUT2D eigenvalue weighted by molar-refractivity contribution is 5.85. The van der Waals surface area contributed by atoms with Gasteiger partial charge in [0.2, 0.25) is 0 Å². The van der Waals surface area contributed by atoms with Gasteiger partial charge in [-0.25, -0.2) is 0 Å². The molecule has 5 heteroatoms. The van der Waals surface area contributed by atoms with E-state index in [9.17, 15) is 10.2 Å². The summed E-state index contributed by atoms with van der Waals surface area (Å²) in [6, 6.07) is 3.27. The Morgan fingerprint density at radius 2 is 1.05 bits per heavy atom. The van der Waals surface area contributed by atoms with E-state index in [0.717, 1.165) is 0 Å². The van der Waals surface area contributed by atoms with Crippen LogP contribution in [0.5, 0.6) is 11.5 Å². The lowest BCUT2D eigenvalue weighted by atomic mass is 10.0. The monoisotopic (exact) mass is 316 g/mol. The number of halogens is 1. The average Bonchev–Trinajstić information content (AvgIpc) is 2.25. The zero-order valence-corrected chi connectivity index (χ0v) is 14.7. The first-order chi connectivity index (χ1) is 8.98. The van der Waals surface area contributed by atoms with E-state index in [4.69, 9.17) is 0 Å². The van der Waals surface area contributed by atoms with E-state index < -0.39 is 0 Å². The first-order valence-corrected chi connectivity index (χ1v) is 7.02. The standard InChI is InChI=1S/C16H28N2O2.ClH/c1-15(2,3)17-9-11-7-14(20)12(8-13(11)19)10-18-16(4,5)6;/h7-8,17-20H,9-10H2,1-6H3;1H. The molecule has 0 aliphatic rings. The first kappa shape index (κ1) is 20.0. The normalized spacial score (nSPS) is 12.1. The third-order valence-corrected chi connectivity index (χ3v) is 2.90. The van der Waals surface area contributed by atoms with Crippen LogP contribution in [0.15, 0.2) is 12.1 Å². The highest BCUT2D eigenvalue weighted by Gasteiger charge is 2.14. The molecule has 0 spiro atoms. The largest absolute Gasteiger partial charge is 0.508 e. The van der Waals surface area contributed by atoms with Gasteiger partial charge in [0.25, 0.3) is 0 Å². The molecule has 1 aromatic carbocycles. The maximum absolute atomic E-state index is 10.1. The van der Waals surface area contributed by atoms with Gasteiger partial charge in [0.1, 0.15) is 11.5 Å². The molecule has 4 nitrogen and oxygen atoms in total. The van der Waals surface area contributed by atoms with Crippen molar-refractivity contribution >= 4 is 12.4 Å². The molecule has 0 aliphatic carbocycles. The van der Waals surface area contributed by atoms with Crippen LogP contribution >= 0.6 is 12.4 Å². The maximum atomic E-state index is 10.1. The zero-order valence-electron chi connectivity index (χ0n) is 13.9. The minimum absolute atomic E-state index is 0. The van der Waals surface area contributed by atoms with E-state index in [1.54, 1.807) is 12.1 Å². The lowest BCUT2D eigenvalue weighted by Gasteiger charge is -2.22. The Morgan fingerprint density at radius 3 is 1.29 bits per heavy atom. The Hall–Kier alpha value is -0.970. The summed E-state index contributed by atoms with van der Waals surface area (Å²) in [6.07, 6.45) is 0. The minimum atomic E-state index is -0.0332. The molecule has 0 unspecified atom stereocenters. The Labute approximate surface area is 134 Å². The van der Waals surface area contributed by atoms with E-state index in [1.807, 2.05) is 0 Å². The van der Waals surface area contributed by atoms with E-state index >= 15 is 0 Å². The third kappa shape index (κ3) is 7.55. The number of phenols is 2. The second-order valence-corrected chi connectivity index (χ2v) is 7.32. The molecule has 0 aromatic heterocycles.